The summed E-state index contributed by atoms with van der Waals surface area (Å²) in [6, 6.07) is 7.64. The van der Waals surface area contributed by atoms with Gasteiger partial charge in [-0.2, -0.15) is 0 Å². The zero-order chi connectivity index (χ0) is 18.5. The Bertz CT molecular complexity index is 929. The fraction of sp³-hybridized carbons (Fsp3) is 0.400. The van der Waals surface area contributed by atoms with Gasteiger partial charge in [-0.05, 0) is 43.0 Å². The van der Waals surface area contributed by atoms with Crippen LogP contribution in [0.2, 0.25) is 0 Å². The predicted molar refractivity (Wildman–Crippen MR) is 100 cm³/mol. The molecule has 1 aromatic heterocycles. The van der Waals surface area contributed by atoms with Crippen molar-refractivity contribution in [2.45, 2.75) is 25.8 Å². The van der Waals surface area contributed by atoms with E-state index in [-0.39, 0.29) is 11.8 Å². The Hall–Kier alpha value is -2.96. The first-order valence-corrected chi connectivity index (χ1v) is 9.43. The minimum Gasteiger partial charge on any atom is -0.469 e. The molecule has 4 heterocycles. The highest BCUT2D eigenvalue weighted by Gasteiger charge is 2.30. The van der Waals surface area contributed by atoms with E-state index in [1.54, 1.807) is 11.0 Å². The van der Waals surface area contributed by atoms with Gasteiger partial charge in [-0.1, -0.05) is 0 Å². The van der Waals surface area contributed by atoms with E-state index in [4.69, 9.17) is 4.74 Å². The molecule has 0 saturated carbocycles. The third-order valence-corrected chi connectivity index (χ3v) is 5.64. The van der Waals surface area contributed by atoms with Gasteiger partial charge in [-0.25, -0.2) is 0 Å². The Morgan fingerprint density at radius 1 is 1.15 bits per heavy atom. The third-order valence-electron chi connectivity index (χ3n) is 5.64. The molecule has 2 amide bonds. The molecular weight excluding hydrogens is 344 g/mol. The lowest BCUT2D eigenvalue weighted by Crippen LogP contribution is -2.35. The maximum Gasteiger partial charge on any atom is 0.270 e. The summed E-state index contributed by atoms with van der Waals surface area (Å²) in [5.41, 5.74) is 3.30. The van der Waals surface area contributed by atoms with E-state index in [1.807, 2.05) is 35.0 Å². The monoisotopic (exact) mass is 366 g/mol. The van der Waals surface area contributed by atoms with Crippen molar-refractivity contribution < 1.29 is 14.3 Å². The lowest BCUT2D eigenvalue weighted by Gasteiger charge is -2.26. The number of anilines is 2. The standard InChI is InChI=1S/C20H22N4O3/c1-22-11-13-9-14(5-6-15(13)19(22)25)24-12-27-17-10-16(21-18(17)24)20(26)23-7-3-2-4-8-23/h5-6,9-10,21H,2-4,7-8,11-12H2,1H3. The number of piperidine rings is 1. The summed E-state index contributed by atoms with van der Waals surface area (Å²) >= 11 is 0. The Labute approximate surface area is 157 Å². The molecule has 0 radical (unpaired) electrons. The zero-order valence-electron chi connectivity index (χ0n) is 15.3. The largest absolute Gasteiger partial charge is 0.469 e. The number of carbonyl (C=O) groups is 2. The van der Waals surface area contributed by atoms with Gasteiger partial charge in [0.25, 0.3) is 11.8 Å². The summed E-state index contributed by atoms with van der Waals surface area (Å²) in [6.45, 7) is 2.65. The van der Waals surface area contributed by atoms with E-state index in [0.717, 1.165) is 48.6 Å². The Morgan fingerprint density at radius 3 is 2.78 bits per heavy atom. The number of hydrogen-bond acceptors (Lipinski definition) is 4. The van der Waals surface area contributed by atoms with Gasteiger partial charge in [-0.3, -0.25) is 14.5 Å². The number of aromatic amines is 1. The molecular formula is C20H22N4O3. The van der Waals surface area contributed by atoms with Crippen LogP contribution in [0.15, 0.2) is 24.3 Å². The number of aromatic nitrogens is 1. The molecule has 0 bridgehead atoms. The number of nitrogens with one attached hydrogen (secondary N) is 1. The van der Waals surface area contributed by atoms with E-state index in [2.05, 4.69) is 4.98 Å². The Kier molecular flexibility index (Phi) is 3.63. The molecule has 2 aromatic rings. The molecule has 0 aliphatic carbocycles. The molecule has 3 aliphatic heterocycles. The summed E-state index contributed by atoms with van der Waals surface area (Å²) in [6.07, 6.45) is 3.33. The molecule has 1 N–H and O–H groups in total. The van der Waals surface area contributed by atoms with Crippen LogP contribution in [-0.2, 0) is 6.54 Å². The van der Waals surface area contributed by atoms with Gasteiger partial charge in [-0.15, -0.1) is 0 Å². The molecule has 7 heteroatoms. The summed E-state index contributed by atoms with van der Waals surface area (Å²) in [5.74, 6) is 1.59. The van der Waals surface area contributed by atoms with Crippen molar-refractivity contribution in [3.63, 3.8) is 0 Å². The van der Waals surface area contributed by atoms with Crippen LogP contribution >= 0.6 is 0 Å². The number of hydrogen-bond donors (Lipinski definition) is 1. The molecule has 27 heavy (non-hydrogen) atoms. The van der Waals surface area contributed by atoms with Crippen LogP contribution < -0.4 is 9.64 Å². The fourth-order valence-corrected chi connectivity index (χ4v) is 4.14. The van der Waals surface area contributed by atoms with Crippen molar-refractivity contribution >= 4 is 23.3 Å². The van der Waals surface area contributed by atoms with Crippen LogP contribution in [0.5, 0.6) is 5.75 Å². The maximum atomic E-state index is 12.8. The Morgan fingerprint density at radius 2 is 1.96 bits per heavy atom. The van der Waals surface area contributed by atoms with E-state index in [0.29, 0.717) is 24.7 Å². The number of likely N-dealkylation sites (tertiary alicyclic amines) is 1. The van der Waals surface area contributed by atoms with Crippen LogP contribution in [0, 0.1) is 0 Å². The molecule has 140 valence electrons. The Balaban J connectivity index is 1.42. The highest BCUT2D eigenvalue weighted by molar-refractivity contribution is 5.99. The number of rotatable bonds is 2. The molecule has 0 unspecified atom stereocenters. The third kappa shape index (κ3) is 2.57. The minimum absolute atomic E-state index is 0.0359. The molecule has 0 spiro atoms. The molecule has 1 fully saturated rings. The van der Waals surface area contributed by atoms with E-state index >= 15 is 0 Å². The number of ether oxygens (including phenoxy) is 1. The van der Waals surface area contributed by atoms with Crippen LogP contribution in [0.4, 0.5) is 11.5 Å². The zero-order valence-corrected chi connectivity index (χ0v) is 15.3. The lowest BCUT2D eigenvalue weighted by molar-refractivity contribution is 0.0718. The SMILES string of the molecule is CN1Cc2cc(N3COc4cc(C(=O)N5CCCCC5)[nH]c43)ccc2C1=O. The van der Waals surface area contributed by atoms with Gasteiger partial charge < -0.3 is 19.5 Å². The van der Waals surface area contributed by atoms with Gasteiger partial charge in [0.1, 0.15) is 5.69 Å². The average Bonchev–Trinajstić information content (AvgIpc) is 3.35. The molecule has 7 nitrogen and oxygen atoms in total. The topological polar surface area (TPSA) is 68.9 Å². The minimum atomic E-state index is 0.0359. The van der Waals surface area contributed by atoms with Crippen LogP contribution in [0.3, 0.4) is 0 Å². The quantitative estimate of drug-likeness (QED) is 0.887. The van der Waals surface area contributed by atoms with Crippen molar-refractivity contribution in [3.05, 3.63) is 41.1 Å². The van der Waals surface area contributed by atoms with Crippen LogP contribution in [0.25, 0.3) is 0 Å². The van der Waals surface area contributed by atoms with Gasteiger partial charge in [0.05, 0.1) is 0 Å². The van der Waals surface area contributed by atoms with Crippen LogP contribution in [0.1, 0.15) is 45.7 Å². The van der Waals surface area contributed by atoms with Crippen molar-refractivity contribution in [2.75, 3.05) is 31.8 Å². The van der Waals surface area contributed by atoms with E-state index in [1.165, 1.54) is 6.42 Å². The molecule has 1 saturated heterocycles. The van der Waals surface area contributed by atoms with Gasteiger partial charge in [0.15, 0.2) is 18.3 Å². The highest BCUT2D eigenvalue weighted by Crippen LogP contribution is 2.40. The summed E-state index contributed by atoms with van der Waals surface area (Å²) in [7, 11) is 1.81. The number of fused-ring (bicyclic) bond motifs is 2. The first-order chi connectivity index (χ1) is 13.1. The van der Waals surface area contributed by atoms with Crippen LogP contribution in [-0.4, -0.2) is 53.5 Å². The second-order valence-corrected chi connectivity index (χ2v) is 7.45. The molecule has 5 rings (SSSR count). The number of amides is 2. The first kappa shape index (κ1) is 16.2. The predicted octanol–water partition coefficient (Wildman–Crippen LogP) is 2.71. The number of carbonyl (C=O) groups excluding carboxylic acids is 2. The van der Waals surface area contributed by atoms with Crippen molar-refractivity contribution in [3.8, 4) is 5.75 Å². The van der Waals surface area contributed by atoms with Gasteiger partial charge >= 0.3 is 0 Å². The normalized spacial score (nSPS) is 18.6. The van der Waals surface area contributed by atoms with Gasteiger partial charge in [0, 0.05) is 44.0 Å². The van der Waals surface area contributed by atoms with Crippen molar-refractivity contribution in [1.29, 1.82) is 0 Å². The highest BCUT2D eigenvalue weighted by atomic mass is 16.5. The average molecular weight is 366 g/mol. The van der Waals surface area contributed by atoms with Crippen molar-refractivity contribution in [1.82, 2.24) is 14.8 Å². The maximum absolute atomic E-state index is 12.8. The summed E-state index contributed by atoms with van der Waals surface area (Å²) in [4.78, 5) is 33.7. The number of benzene rings is 1. The molecule has 1 aromatic carbocycles. The molecule has 0 atom stereocenters. The fourth-order valence-electron chi connectivity index (χ4n) is 4.14. The lowest BCUT2D eigenvalue weighted by atomic mass is 10.1. The van der Waals surface area contributed by atoms with E-state index in [9.17, 15) is 9.59 Å². The second-order valence-electron chi connectivity index (χ2n) is 7.45. The number of H-pyrrole nitrogens is 1. The first-order valence-electron chi connectivity index (χ1n) is 9.43. The smallest absolute Gasteiger partial charge is 0.270 e. The second kappa shape index (κ2) is 6.04. The summed E-state index contributed by atoms with van der Waals surface area (Å²) < 4.78 is 5.79. The summed E-state index contributed by atoms with van der Waals surface area (Å²) in [5, 5.41) is 0. The van der Waals surface area contributed by atoms with Crippen molar-refractivity contribution in [2.24, 2.45) is 0 Å². The van der Waals surface area contributed by atoms with Gasteiger partial charge in [0.2, 0.25) is 0 Å². The van der Waals surface area contributed by atoms with E-state index < -0.39 is 0 Å². The molecule has 3 aliphatic rings. The number of nitrogens with zero attached hydrogens (tertiary/aromatic N) is 3.